The van der Waals surface area contributed by atoms with Crippen LogP contribution in [0, 0.1) is 5.92 Å². The minimum atomic E-state index is 0.338. The van der Waals surface area contributed by atoms with E-state index in [-0.39, 0.29) is 0 Å². The molecule has 118 valence electrons. The van der Waals surface area contributed by atoms with E-state index in [9.17, 15) is 0 Å². The van der Waals surface area contributed by atoms with Crippen molar-refractivity contribution >= 4 is 11.6 Å². The molecule has 2 nitrogen and oxygen atoms in total. The van der Waals surface area contributed by atoms with Crippen LogP contribution in [0.25, 0.3) is 0 Å². The highest BCUT2D eigenvalue weighted by Gasteiger charge is 2.25. The largest absolute Gasteiger partial charge is 0.489 e. The lowest BCUT2D eigenvalue weighted by Crippen LogP contribution is -2.30. The maximum Gasteiger partial charge on any atom is 0.138 e. The molecular weight excluding hydrogens is 282 g/mol. The molecule has 1 aliphatic carbocycles. The molecule has 2 rings (SSSR count). The molecule has 1 aromatic rings. The third-order valence-electron chi connectivity index (χ3n) is 4.39. The lowest BCUT2D eigenvalue weighted by molar-refractivity contribution is 0.0904. The van der Waals surface area contributed by atoms with Gasteiger partial charge in [0.2, 0.25) is 0 Å². The zero-order chi connectivity index (χ0) is 15.1. The van der Waals surface area contributed by atoms with Crippen molar-refractivity contribution in [1.29, 1.82) is 0 Å². The molecule has 0 amide bonds. The van der Waals surface area contributed by atoms with Crippen molar-refractivity contribution in [3.05, 3.63) is 28.8 Å². The predicted octanol–water partition coefficient (Wildman–Crippen LogP) is 5.19. The number of ether oxygens (including phenoxy) is 1. The van der Waals surface area contributed by atoms with Crippen LogP contribution in [0.15, 0.2) is 18.2 Å². The molecule has 2 unspecified atom stereocenters. The zero-order valence-electron chi connectivity index (χ0n) is 13.3. The van der Waals surface area contributed by atoms with Crippen molar-refractivity contribution < 1.29 is 4.74 Å². The summed E-state index contributed by atoms with van der Waals surface area (Å²) in [5, 5.41) is 4.14. The number of hydrogen-bond acceptors (Lipinski definition) is 2. The van der Waals surface area contributed by atoms with Crippen LogP contribution in [-0.4, -0.2) is 12.6 Å². The van der Waals surface area contributed by atoms with Gasteiger partial charge in [-0.3, -0.25) is 0 Å². The average Bonchev–Trinajstić information content (AvgIpc) is 2.50. The fourth-order valence-electron chi connectivity index (χ4n) is 3.12. The Kier molecular flexibility index (Phi) is 6.85. The van der Waals surface area contributed by atoms with E-state index < -0.39 is 0 Å². The Morgan fingerprint density at radius 2 is 2.05 bits per heavy atom. The van der Waals surface area contributed by atoms with E-state index in [1.54, 1.807) is 0 Å². The molecule has 1 N–H and O–H groups in total. The number of hydrogen-bond donors (Lipinski definition) is 1. The van der Waals surface area contributed by atoms with E-state index in [2.05, 4.69) is 25.2 Å². The van der Waals surface area contributed by atoms with Gasteiger partial charge in [0.15, 0.2) is 0 Å². The SMILES string of the molecule is CCCNCc1ccc(OC2CCCCC2CC)c(Cl)c1. The summed E-state index contributed by atoms with van der Waals surface area (Å²) >= 11 is 6.40. The second-order valence-corrected chi connectivity index (χ2v) is 6.46. The number of rotatable bonds is 7. The highest BCUT2D eigenvalue weighted by Crippen LogP contribution is 2.33. The van der Waals surface area contributed by atoms with Gasteiger partial charge in [0.05, 0.1) is 5.02 Å². The fourth-order valence-corrected chi connectivity index (χ4v) is 3.37. The number of nitrogens with one attached hydrogen (secondary N) is 1. The molecule has 0 saturated heterocycles. The van der Waals surface area contributed by atoms with E-state index in [0.717, 1.165) is 36.7 Å². The van der Waals surface area contributed by atoms with Crippen molar-refractivity contribution in [2.45, 2.75) is 65.0 Å². The maximum atomic E-state index is 6.40. The Balaban J connectivity index is 1.96. The molecule has 1 aliphatic rings. The first-order valence-electron chi connectivity index (χ1n) is 8.40. The number of halogens is 1. The van der Waals surface area contributed by atoms with Crippen molar-refractivity contribution in [2.75, 3.05) is 6.54 Å². The lowest BCUT2D eigenvalue weighted by atomic mass is 9.85. The third-order valence-corrected chi connectivity index (χ3v) is 4.69. The summed E-state index contributed by atoms with van der Waals surface area (Å²) in [6.07, 6.45) is 7.75. The molecule has 0 heterocycles. The van der Waals surface area contributed by atoms with Crippen LogP contribution in [0.3, 0.4) is 0 Å². The van der Waals surface area contributed by atoms with Crippen LogP contribution in [0.4, 0.5) is 0 Å². The quantitative estimate of drug-likeness (QED) is 0.700. The number of benzene rings is 1. The first-order valence-corrected chi connectivity index (χ1v) is 8.78. The summed E-state index contributed by atoms with van der Waals surface area (Å²) in [6.45, 7) is 6.34. The van der Waals surface area contributed by atoms with Gasteiger partial charge in [-0.25, -0.2) is 0 Å². The van der Waals surface area contributed by atoms with Crippen molar-refractivity contribution in [3.8, 4) is 5.75 Å². The molecule has 1 saturated carbocycles. The second-order valence-electron chi connectivity index (χ2n) is 6.05. The van der Waals surface area contributed by atoms with E-state index in [1.165, 1.54) is 31.2 Å². The highest BCUT2D eigenvalue weighted by atomic mass is 35.5. The summed E-state index contributed by atoms with van der Waals surface area (Å²) in [4.78, 5) is 0. The fraction of sp³-hybridized carbons (Fsp3) is 0.667. The second kappa shape index (κ2) is 8.65. The van der Waals surface area contributed by atoms with Gasteiger partial charge in [0.1, 0.15) is 11.9 Å². The third kappa shape index (κ3) is 4.89. The van der Waals surface area contributed by atoms with Gasteiger partial charge in [-0.2, -0.15) is 0 Å². The Morgan fingerprint density at radius 3 is 2.76 bits per heavy atom. The molecule has 0 aliphatic heterocycles. The maximum absolute atomic E-state index is 6.40. The molecule has 2 atom stereocenters. The Morgan fingerprint density at radius 1 is 1.24 bits per heavy atom. The molecule has 0 aromatic heterocycles. The summed E-state index contributed by atoms with van der Waals surface area (Å²) in [5.41, 5.74) is 1.22. The average molecular weight is 310 g/mol. The minimum absolute atomic E-state index is 0.338. The minimum Gasteiger partial charge on any atom is -0.489 e. The first kappa shape index (κ1) is 16.6. The molecule has 3 heteroatoms. The smallest absolute Gasteiger partial charge is 0.138 e. The highest BCUT2D eigenvalue weighted by molar-refractivity contribution is 6.32. The first-order chi connectivity index (χ1) is 10.2. The zero-order valence-corrected chi connectivity index (χ0v) is 14.1. The van der Waals surface area contributed by atoms with E-state index in [0.29, 0.717) is 12.0 Å². The van der Waals surface area contributed by atoms with Gasteiger partial charge in [0, 0.05) is 6.54 Å². The topological polar surface area (TPSA) is 21.3 Å². The normalized spacial score (nSPS) is 22.2. The van der Waals surface area contributed by atoms with E-state index in [4.69, 9.17) is 16.3 Å². The van der Waals surface area contributed by atoms with Crippen molar-refractivity contribution in [2.24, 2.45) is 5.92 Å². The van der Waals surface area contributed by atoms with Gasteiger partial charge in [-0.1, -0.05) is 37.9 Å². The van der Waals surface area contributed by atoms with E-state index >= 15 is 0 Å². The summed E-state index contributed by atoms with van der Waals surface area (Å²) in [7, 11) is 0. The summed E-state index contributed by atoms with van der Waals surface area (Å²) in [5.74, 6) is 1.53. The van der Waals surface area contributed by atoms with Gasteiger partial charge in [0.25, 0.3) is 0 Å². The molecule has 0 radical (unpaired) electrons. The molecule has 0 spiro atoms. The Hall–Kier alpha value is -0.730. The summed E-state index contributed by atoms with van der Waals surface area (Å²) < 4.78 is 6.22. The lowest BCUT2D eigenvalue weighted by Gasteiger charge is -2.31. The van der Waals surface area contributed by atoms with Crippen molar-refractivity contribution in [1.82, 2.24) is 5.32 Å². The van der Waals surface area contributed by atoms with Crippen LogP contribution < -0.4 is 10.1 Å². The van der Waals surface area contributed by atoms with Crippen LogP contribution in [0.5, 0.6) is 5.75 Å². The molecule has 1 aromatic carbocycles. The van der Waals surface area contributed by atoms with Crippen LogP contribution in [0.1, 0.15) is 57.9 Å². The molecule has 0 bridgehead atoms. The van der Waals surface area contributed by atoms with Crippen molar-refractivity contribution in [3.63, 3.8) is 0 Å². The van der Waals surface area contributed by atoms with Gasteiger partial charge >= 0.3 is 0 Å². The monoisotopic (exact) mass is 309 g/mol. The van der Waals surface area contributed by atoms with Gasteiger partial charge < -0.3 is 10.1 Å². The van der Waals surface area contributed by atoms with Crippen LogP contribution >= 0.6 is 11.6 Å². The Labute approximate surface area is 134 Å². The molecule has 1 fully saturated rings. The van der Waals surface area contributed by atoms with Gasteiger partial charge in [-0.05, 0) is 62.3 Å². The predicted molar refractivity (Wildman–Crippen MR) is 90.1 cm³/mol. The van der Waals surface area contributed by atoms with Gasteiger partial charge in [-0.15, -0.1) is 0 Å². The molecular formula is C18H28ClNO. The molecule has 21 heavy (non-hydrogen) atoms. The standard InChI is InChI=1S/C18H28ClNO/c1-3-11-20-13-14-9-10-18(16(19)12-14)21-17-8-6-5-7-15(17)4-2/h9-10,12,15,17,20H,3-8,11,13H2,1-2H3. The van der Waals surface area contributed by atoms with Crippen LogP contribution in [-0.2, 0) is 6.54 Å². The van der Waals surface area contributed by atoms with Crippen LogP contribution in [0.2, 0.25) is 5.02 Å². The van der Waals surface area contributed by atoms with E-state index in [1.807, 2.05) is 12.1 Å². The summed E-state index contributed by atoms with van der Waals surface area (Å²) in [6, 6.07) is 6.18. The Bertz CT molecular complexity index is 435.